The average Bonchev–Trinajstić information content (AvgIpc) is 3.20. The first-order valence-corrected chi connectivity index (χ1v) is 11.4. The second-order valence-corrected chi connectivity index (χ2v) is 10.2. The first kappa shape index (κ1) is 16.6. The van der Waals surface area contributed by atoms with E-state index < -0.39 is 0 Å². The first-order chi connectivity index (χ1) is 14.2. The van der Waals surface area contributed by atoms with Gasteiger partial charge < -0.3 is 10.2 Å². The number of hydrogen-bond donors (Lipinski definition) is 1. The van der Waals surface area contributed by atoms with Crippen LogP contribution in [0, 0.1) is 17.3 Å². The van der Waals surface area contributed by atoms with Crippen LogP contribution in [0.4, 0.5) is 0 Å². The third-order valence-electron chi connectivity index (χ3n) is 9.50. The minimum Gasteiger partial charge on any atom is -0.335 e. The Balaban J connectivity index is 1.37. The lowest BCUT2D eigenvalue weighted by atomic mass is 9.44. The second-order valence-electron chi connectivity index (χ2n) is 10.2. The molecule has 3 nitrogen and oxygen atoms in total. The molecule has 148 valence electrons. The molecule has 4 unspecified atom stereocenters. The predicted molar refractivity (Wildman–Crippen MR) is 113 cm³/mol. The zero-order chi connectivity index (χ0) is 19.2. The van der Waals surface area contributed by atoms with Crippen LogP contribution in [0.5, 0.6) is 0 Å². The summed E-state index contributed by atoms with van der Waals surface area (Å²) >= 11 is 0. The van der Waals surface area contributed by atoms with E-state index in [1.165, 1.54) is 32.1 Å². The van der Waals surface area contributed by atoms with Gasteiger partial charge in [0.25, 0.3) is 5.91 Å². The highest BCUT2D eigenvalue weighted by atomic mass is 16.2. The Hall–Kier alpha value is -2.13. The van der Waals surface area contributed by atoms with Crippen molar-refractivity contribution in [3.8, 4) is 0 Å². The molecule has 7 rings (SSSR count). The van der Waals surface area contributed by atoms with Crippen LogP contribution in [0.3, 0.4) is 0 Å². The van der Waals surface area contributed by atoms with Crippen LogP contribution < -0.4 is 5.32 Å². The molecular weight excluding hydrogens is 356 g/mol. The molecule has 2 aromatic carbocycles. The molecule has 1 N–H and O–H groups in total. The number of piperidine rings is 1. The van der Waals surface area contributed by atoms with Crippen LogP contribution in [0.25, 0.3) is 0 Å². The summed E-state index contributed by atoms with van der Waals surface area (Å²) < 4.78 is 0. The van der Waals surface area contributed by atoms with Crippen molar-refractivity contribution < 1.29 is 4.79 Å². The topological polar surface area (TPSA) is 32.3 Å². The van der Waals surface area contributed by atoms with E-state index in [0.717, 1.165) is 18.7 Å². The smallest absolute Gasteiger partial charge is 0.254 e. The lowest BCUT2D eigenvalue weighted by Crippen LogP contribution is -2.69. The van der Waals surface area contributed by atoms with Gasteiger partial charge in [-0.05, 0) is 79.2 Å². The molecule has 4 fully saturated rings. The molecule has 1 amide bonds. The zero-order valence-electron chi connectivity index (χ0n) is 16.8. The van der Waals surface area contributed by atoms with Crippen molar-refractivity contribution in [2.75, 3.05) is 13.1 Å². The molecular formula is C26H28N2O. The third-order valence-corrected chi connectivity index (χ3v) is 9.50. The number of nitrogens with zero attached hydrogens (tertiary/aromatic N) is 1. The molecule has 2 aromatic rings. The second kappa shape index (κ2) is 5.51. The van der Waals surface area contributed by atoms with E-state index in [4.69, 9.17) is 0 Å². The van der Waals surface area contributed by atoms with Crippen molar-refractivity contribution in [3.63, 3.8) is 0 Å². The van der Waals surface area contributed by atoms with Gasteiger partial charge >= 0.3 is 0 Å². The molecule has 2 aliphatic heterocycles. The molecule has 0 radical (unpaired) electrons. The lowest BCUT2D eigenvalue weighted by Gasteiger charge is -2.64. The van der Waals surface area contributed by atoms with E-state index in [1.807, 2.05) is 30.3 Å². The zero-order valence-corrected chi connectivity index (χ0v) is 16.8. The van der Waals surface area contributed by atoms with Crippen molar-refractivity contribution in [1.82, 2.24) is 10.2 Å². The SMILES string of the molecule is O=C(c1ccccc1)N1C[C@H]2CC34CCC1C2C31CCN[C@@H]4Cc2ccccc21. The summed E-state index contributed by atoms with van der Waals surface area (Å²) in [5.74, 6) is 1.54. The van der Waals surface area contributed by atoms with Crippen molar-refractivity contribution in [2.45, 2.75) is 49.6 Å². The highest BCUT2D eigenvalue weighted by molar-refractivity contribution is 5.94. The van der Waals surface area contributed by atoms with E-state index >= 15 is 0 Å². The van der Waals surface area contributed by atoms with Gasteiger partial charge in [0.05, 0.1) is 0 Å². The van der Waals surface area contributed by atoms with E-state index in [0.29, 0.717) is 29.3 Å². The summed E-state index contributed by atoms with van der Waals surface area (Å²) in [5, 5.41) is 3.94. The van der Waals surface area contributed by atoms with Gasteiger partial charge in [0.15, 0.2) is 0 Å². The van der Waals surface area contributed by atoms with Gasteiger partial charge in [-0.3, -0.25) is 4.79 Å². The standard InChI is InChI=1S/C26H28N2O/c29-24(17-6-2-1-3-7-17)28-16-19-15-25-11-10-21(28)23(19)26(25)12-13-27-22(25)14-18-8-4-5-9-20(18)26/h1-9,19,21-23,27H,10-16H2/t19-,21?,22-,23?,25?,26?/m1/s1. The predicted octanol–water partition coefficient (Wildman–Crippen LogP) is 3.78. The molecule has 0 aromatic heterocycles. The number of carbonyl (C=O) groups excluding carboxylic acids is 1. The fourth-order valence-electron chi connectivity index (χ4n) is 8.85. The summed E-state index contributed by atoms with van der Waals surface area (Å²) in [6.45, 7) is 2.09. The Bertz CT molecular complexity index is 1000. The van der Waals surface area contributed by atoms with E-state index in [2.05, 4.69) is 34.5 Å². The average molecular weight is 385 g/mol. The van der Waals surface area contributed by atoms with Crippen molar-refractivity contribution >= 4 is 5.91 Å². The van der Waals surface area contributed by atoms with E-state index in [9.17, 15) is 4.79 Å². The Morgan fingerprint density at radius 3 is 2.76 bits per heavy atom. The van der Waals surface area contributed by atoms with Crippen molar-refractivity contribution in [1.29, 1.82) is 0 Å². The van der Waals surface area contributed by atoms with Gasteiger partial charge in [-0.2, -0.15) is 0 Å². The molecule has 4 bridgehead atoms. The summed E-state index contributed by atoms with van der Waals surface area (Å²) in [4.78, 5) is 15.7. The Labute approximate surface area is 172 Å². The molecule has 5 aliphatic rings. The maximum absolute atomic E-state index is 13.5. The Morgan fingerprint density at radius 2 is 1.86 bits per heavy atom. The number of likely N-dealkylation sites (tertiary alicyclic amines) is 1. The third kappa shape index (κ3) is 1.83. The summed E-state index contributed by atoms with van der Waals surface area (Å²) in [6, 6.07) is 20.3. The van der Waals surface area contributed by atoms with Crippen LogP contribution in [0.15, 0.2) is 54.6 Å². The van der Waals surface area contributed by atoms with Gasteiger partial charge in [-0.25, -0.2) is 0 Å². The summed E-state index contributed by atoms with van der Waals surface area (Å²) in [7, 11) is 0. The number of nitrogens with one attached hydrogen (secondary N) is 1. The molecule has 6 atom stereocenters. The molecule has 2 saturated heterocycles. The van der Waals surface area contributed by atoms with E-state index in [-0.39, 0.29) is 11.3 Å². The fraction of sp³-hybridized carbons (Fsp3) is 0.500. The maximum atomic E-state index is 13.5. The number of hydrogen-bond acceptors (Lipinski definition) is 2. The van der Waals surface area contributed by atoms with Crippen LogP contribution in [-0.4, -0.2) is 36.0 Å². The van der Waals surface area contributed by atoms with Crippen LogP contribution in [0.1, 0.15) is 47.2 Å². The van der Waals surface area contributed by atoms with Crippen molar-refractivity contribution in [3.05, 3.63) is 71.3 Å². The highest BCUT2D eigenvalue weighted by Crippen LogP contribution is 2.74. The van der Waals surface area contributed by atoms with Crippen molar-refractivity contribution in [2.24, 2.45) is 17.3 Å². The monoisotopic (exact) mass is 384 g/mol. The van der Waals surface area contributed by atoms with Crippen LogP contribution in [-0.2, 0) is 11.8 Å². The lowest BCUT2D eigenvalue weighted by molar-refractivity contribution is -0.0446. The molecule has 29 heavy (non-hydrogen) atoms. The number of amides is 1. The normalized spacial score (nSPS) is 41.0. The number of carbonyl (C=O) groups is 1. The van der Waals surface area contributed by atoms with Crippen LogP contribution in [0.2, 0.25) is 0 Å². The summed E-state index contributed by atoms with van der Waals surface area (Å²) in [5.41, 5.74) is 4.75. The molecule has 3 aliphatic carbocycles. The fourth-order valence-corrected chi connectivity index (χ4v) is 8.85. The molecule has 2 saturated carbocycles. The first-order valence-electron chi connectivity index (χ1n) is 11.4. The highest BCUT2D eigenvalue weighted by Gasteiger charge is 2.75. The number of rotatable bonds is 1. The molecule has 3 heteroatoms. The summed E-state index contributed by atoms with van der Waals surface area (Å²) in [6.07, 6.45) is 6.19. The largest absolute Gasteiger partial charge is 0.335 e. The van der Waals surface area contributed by atoms with Gasteiger partial charge in [-0.15, -0.1) is 0 Å². The Kier molecular flexibility index (Phi) is 3.16. The van der Waals surface area contributed by atoms with Crippen LogP contribution >= 0.6 is 0 Å². The molecule has 2 heterocycles. The van der Waals surface area contributed by atoms with Gasteiger partial charge in [-0.1, -0.05) is 42.5 Å². The maximum Gasteiger partial charge on any atom is 0.254 e. The number of fused-ring (bicyclic) bond motifs is 1. The van der Waals surface area contributed by atoms with Gasteiger partial charge in [0.2, 0.25) is 0 Å². The minimum atomic E-state index is 0.253. The van der Waals surface area contributed by atoms with Gasteiger partial charge in [0, 0.05) is 29.6 Å². The number of benzene rings is 2. The quantitative estimate of drug-likeness (QED) is 0.811. The minimum absolute atomic E-state index is 0.253. The molecule has 0 spiro atoms. The Morgan fingerprint density at radius 1 is 1.03 bits per heavy atom. The van der Waals surface area contributed by atoms with E-state index in [1.54, 1.807) is 11.1 Å². The van der Waals surface area contributed by atoms with Gasteiger partial charge in [0.1, 0.15) is 0 Å².